The average Bonchev–Trinajstić information content (AvgIpc) is 2.84. The van der Waals surface area contributed by atoms with E-state index in [1.54, 1.807) is 42.1 Å². The van der Waals surface area contributed by atoms with Crippen molar-refractivity contribution >= 4 is 46.7 Å². The second kappa shape index (κ2) is 11.3. The molecule has 1 aromatic carbocycles. The molecule has 0 bridgehead atoms. The Morgan fingerprint density at radius 3 is 2.59 bits per heavy atom. The zero-order valence-corrected chi connectivity index (χ0v) is 20.7. The van der Waals surface area contributed by atoms with Gasteiger partial charge in [0, 0.05) is 29.2 Å². The number of nitrogens with two attached hydrogens (primary N) is 1. The summed E-state index contributed by atoms with van der Waals surface area (Å²) in [7, 11) is 0. The molecular weight excluding hydrogens is 474 g/mol. The van der Waals surface area contributed by atoms with Gasteiger partial charge in [0.05, 0.1) is 22.9 Å². The number of rotatable bonds is 9. The summed E-state index contributed by atoms with van der Waals surface area (Å²) in [5.41, 5.74) is 6.18. The van der Waals surface area contributed by atoms with Gasteiger partial charge in [0.1, 0.15) is 11.6 Å². The number of nitrogens with zero attached hydrogens (tertiary/aromatic N) is 2. The first-order valence-electron chi connectivity index (χ1n) is 10.4. The molecule has 3 aromatic rings. The van der Waals surface area contributed by atoms with Gasteiger partial charge >= 0.3 is 0 Å². The number of carbonyl (C=O) groups excluding carboxylic acids is 2. The molecule has 2 heterocycles. The molecule has 0 saturated heterocycles. The van der Waals surface area contributed by atoms with Crippen molar-refractivity contribution in [3.8, 4) is 5.75 Å². The first-order chi connectivity index (χ1) is 16.2. The molecular formula is C24H26ClN5O3S. The van der Waals surface area contributed by atoms with Crippen LogP contribution in [0.2, 0.25) is 5.02 Å². The van der Waals surface area contributed by atoms with E-state index in [0.29, 0.717) is 35.3 Å². The predicted octanol–water partition coefficient (Wildman–Crippen LogP) is 4.72. The molecule has 3 rings (SSSR count). The predicted molar refractivity (Wildman–Crippen MR) is 136 cm³/mol. The van der Waals surface area contributed by atoms with Crippen LogP contribution in [0.3, 0.4) is 0 Å². The number of benzene rings is 1. The largest absolute Gasteiger partial charge is 0.492 e. The van der Waals surface area contributed by atoms with E-state index in [0.717, 1.165) is 4.90 Å². The van der Waals surface area contributed by atoms with Gasteiger partial charge in [-0.05, 0) is 48.7 Å². The molecule has 0 spiro atoms. The second-order valence-electron chi connectivity index (χ2n) is 8.19. The van der Waals surface area contributed by atoms with Gasteiger partial charge in [-0.2, -0.15) is 0 Å². The summed E-state index contributed by atoms with van der Waals surface area (Å²) in [6.45, 7) is 4.76. The molecule has 0 atom stereocenters. The van der Waals surface area contributed by atoms with Gasteiger partial charge in [-0.1, -0.05) is 25.4 Å². The van der Waals surface area contributed by atoms with Crippen LogP contribution in [0.5, 0.6) is 5.75 Å². The van der Waals surface area contributed by atoms with E-state index in [2.05, 4.69) is 20.6 Å². The first kappa shape index (κ1) is 25.5. The topological polar surface area (TPSA) is 119 Å². The van der Waals surface area contributed by atoms with E-state index >= 15 is 0 Å². The number of hydrogen-bond acceptors (Lipinski definition) is 7. The first-order valence-corrected chi connectivity index (χ1v) is 12.0. The van der Waals surface area contributed by atoms with Crippen LogP contribution in [0.15, 0.2) is 59.8 Å². The highest BCUT2D eigenvalue weighted by atomic mass is 35.5. The van der Waals surface area contributed by atoms with Gasteiger partial charge in [-0.3, -0.25) is 9.59 Å². The zero-order chi connectivity index (χ0) is 24.7. The molecule has 34 heavy (non-hydrogen) atoms. The van der Waals surface area contributed by atoms with Gasteiger partial charge < -0.3 is 21.1 Å². The van der Waals surface area contributed by atoms with E-state index in [1.807, 2.05) is 32.2 Å². The molecule has 0 fully saturated rings. The lowest BCUT2D eigenvalue weighted by Gasteiger charge is -2.23. The zero-order valence-electron chi connectivity index (χ0n) is 19.1. The van der Waals surface area contributed by atoms with Gasteiger partial charge in [-0.25, -0.2) is 9.97 Å². The standard InChI is InChI=1S/C24H26ClN5O3S/c1-24(2,13-26)14-33-19-11-16(34-3)7-8-17(19)22(31)29-18-5-4-10-27-21(18)23(32)30-20-9-6-15(25)12-28-20/h4-12H,13-14,26H2,1-3H3,(H,29,31)(H,28,30,32). The molecule has 10 heteroatoms. The van der Waals surface area contributed by atoms with Crippen molar-refractivity contribution in [1.29, 1.82) is 0 Å². The second-order valence-corrected chi connectivity index (χ2v) is 9.50. The summed E-state index contributed by atoms with van der Waals surface area (Å²) in [6.07, 6.45) is 4.83. The monoisotopic (exact) mass is 499 g/mol. The van der Waals surface area contributed by atoms with Crippen LogP contribution < -0.4 is 21.1 Å². The maximum atomic E-state index is 13.2. The summed E-state index contributed by atoms with van der Waals surface area (Å²) in [5, 5.41) is 5.87. The Kier molecular flexibility index (Phi) is 8.49. The van der Waals surface area contributed by atoms with E-state index in [4.69, 9.17) is 22.1 Å². The Bertz CT molecular complexity index is 1170. The molecule has 0 aliphatic carbocycles. The van der Waals surface area contributed by atoms with Crippen LogP contribution in [0, 0.1) is 5.41 Å². The van der Waals surface area contributed by atoms with Crippen molar-refractivity contribution in [2.45, 2.75) is 18.7 Å². The minimum atomic E-state index is -0.523. The summed E-state index contributed by atoms with van der Waals surface area (Å²) in [6, 6.07) is 11.8. The summed E-state index contributed by atoms with van der Waals surface area (Å²) in [5.74, 6) is -0.209. The van der Waals surface area contributed by atoms with Crippen LogP contribution >= 0.6 is 23.4 Å². The number of carbonyl (C=O) groups is 2. The number of thioether (sulfide) groups is 1. The Morgan fingerprint density at radius 1 is 1.12 bits per heavy atom. The third-order valence-corrected chi connectivity index (χ3v) is 5.79. The van der Waals surface area contributed by atoms with Crippen molar-refractivity contribution in [2.75, 3.05) is 30.0 Å². The summed E-state index contributed by atoms with van der Waals surface area (Å²) >= 11 is 7.38. The summed E-state index contributed by atoms with van der Waals surface area (Å²) < 4.78 is 5.99. The van der Waals surface area contributed by atoms with Crippen LogP contribution in [-0.2, 0) is 0 Å². The van der Waals surface area contributed by atoms with Gasteiger partial charge in [-0.15, -0.1) is 11.8 Å². The van der Waals surface area contributed by atoms with Crippen LogP contribution in [-0.4, -0.2) is 41.2 Å². The number of ether oxygens (including phenoxy) is 1. The summed E-state index contributed by atoms with van der Waals surface area (Å²) in [4.78, 5) is 35.1. The average molecular weight is 500 g/mol. The Morgan fingerprint density at radius 2 is 1.91 bits per heavy atom. The van der Waals surface area contributed by atoms with E-state index in [1.165, 1.54) is 12.4 Å². The maximum Gasteiger partial charge on any atom is 0.277 e. The molecule has 0 unspecified atom stereocenters. The van der Waals surface area contributed by atoms with Crippen LogP contribution in [0.1, 0.15) is 34.7 Å². The third kappa shape index (κ3) is 6.69. The molecule has 8 nitrogen and oxygen atoms in total. The highest BCUT2D eigenvalue weighted by Gasteiger charge is 2.21. The minimum Gasteiger partial charge on any atom is -0.492 e. The fourth-order valence-electron chi connectivity index (χ4n) is 2.77. The molecule has 178 valence electrons. The quantitative estimate of drug-likeness (QED) is 0.364. The molecule has 0 radical (unpaired) electrons. The molecule has 4 N–H and O–H groups in total. The Hall–Kier alpha value is -3.14. The lowest BCUT2D eigenvalue weighted by Crippen LogP contribution is -2.30. The lowest BCUT2D eigenvalue weighted by atomic mass is 9.95. The highest BCUT2D eigenvalue weighted by Crippen LogP contribution is 2.28. The third-order valence-electron chi connectivity index (χ3n) is 4.84. The van der Waals surface area contributed by atoms with Crippen molar-refractivity contribution in [3.05, 3.63) is 71.1 Å². The number of halogens is 1. The van der Waals surface area contributed by atoms with E-state index in [9.17, 15) is 9.59 Å². The van der Waals surface area contributed by atoms with Crippen molar-refractivity contribution in [3.63, 3.8) is 0 Å². The van der Waals surface area contributed by atoms with Crippen molar-refractivity contribution < 1.29 is 14.3 Å². The van der Waals surface area contributed by atoms with Gasteiger partial charge in [0.25, 0.3) is 11.8 Å². The van der Waals surface area contributed by atoms with Crippen molar-refractivity contribution in [2.24, 2.45) is 11.1 Å². The molecule has 2 amide bonds. The molecule has 0 saturated carbocycles. The number of hydrogen-bond donors (Lipinski definition) is 3. The molecule has 0 aliphatic rings. The number of amides is 2. The Balaban J connectivity index is 1.83. The maximum absolute atomic E-state index is 13.2. The lowest BCUT2D eigenvalue weighted by molar-refractivity contribution is 0.101. The number of aromatic nitrogens is 2. The number of anilines is 2. The molecule has 0 aliphatic heterocycles. The van der Waals surface area contributed by atoms with Gasteiger partial charge in [0.2, 0.25) is 0 Å². The van der Waals surface area contributed by atoms with E-state index in [-0.39, 0.29) is 16.8 Å². The van der Waals surface area contributed by atoms with Gasteiger partial charge in [0.15, 0.2) is 5.69 Å². The number of nitrogens with one attached hydrogen (secondary N) is 2. The molecule has 2 aromatic heterocycles. The van der Waals surface area contributed by atoms with Crippen molar-refractivity contribution in [1.82, 2.24) is 9.97 Å². The normalized spacial score (nSPS) is 11.1. The van der Waals surface area contributed by atoms with Crippen LogP contribution in [0.25, 0.3) is 0 Å². The fraction of sp³-hybridized carbons (Fsp3) is 0.250. The van der Waals surface area contributed by atoms with Crippen LogP contribution in [0.4, 0.5) is 11.5 Å². The number of pyridine rings is 2. The SMILES string of the molecule is CSc1ccc(C(=O)Nc2cccnc2C(=O)Nc2ccc(Cl)cn2)c(OCC(C)(C)CN)c1. The fourth-order valence-corrected chi connectivity index (χ4v) is 3.31. The van der Waals surface area contributed by atoms with E-state index < -0.39 is 11.8 Å². The Labute approximate surface area is 207 Å². The minimum absolute atomic E-state index is 0.0417. The smallest absolute Gasteiger partial charge is 0.277 e. The highest BCUT2D eigenvalue weighted by molar-refractivity contribution is 7.98.